The van der Waals surface area contributed by atoms with Crippen molar-refractivity contribution in [2.75, 3.05) is 18.4 Å². The molecule has 0 spiro atoms. The number of nitrogens with zero attached hydrogens (tertiary/aromatic N) is 2. The van der Waals surface area contributed by atoms with E-state index in [9.17, 15) is 9.59 Å². The Bertz CT molecular complexity index is 857. The lowest BCUT2D eigenvalue weighted by molar-refractivity contribution is -0.114. The average Bonchev–Trinajstić information content (AvgIpc) is 3.11. The van der Waals surface area contributed by atoms with Crippen LogP contribution in [-0.4, -0.2) is 46.9 Å². The lowest BCUT2D eigenvalue weighted by Crippen LogP contribution is -2.62. The molecule has 3 fully saturated rings. The number of hydrogen-bond acceptors (Lipinski definition) is 6. The Morgan fingerprint density at radius 1 is 1.21 bits per heavy atom. The molecule has 2 N–H and O–H groups in total. The summed E-state index contributed by atoms with van der Waals surface area (Å²) in [5.74, 6) is 0.481. The van der Waals surface area contributed by atoms with Crippen LogP contribution in [0.4, 0.5) is 5.13 Å². The molecule has 28 heavy (non-hydrogen) atoms. The minimum atomic E-state index is -0.126. The number of amides is 2. The summed E-state index contributed by atoms with van der Waals surface area (Å²) in [7, 11) is 0. The van der Waals surface area contributed by atoms with E-state index in [1.54, 1.807) is 18.0 Å². The van der Waals surface area contributed by atoms with Crippen LogP contribution in [0.15, 0.2) is 39.6 Å². The van der Waals surface area contributed by atoms with Gasteiger partial charge in [-0.25, -0.2) is 4.98 Å². The molecule has 4 heterocycles. The maximum absolute atomic E-state index is 12.7. The predicted molar refractivity (Wildman–Crippen MR) is 112 cm³/mol. The molecule has 6 nitrogen and oxygen atoms in total. The van der Waals surface area contributed by atoms with E-state index in [4.69, 9.17) is 0 Å². The largest absolute Gasteiger partial charge is 0.347 e. The molecule has 2 amide bonds. The van der Waals surface area contributed by atoms with Gasteiger partial charge in [-0.05, 0) is 63.0 Å². The Morgan fingerprint density at radius 3 is 2.57 bits per heavy atom. The summed E-state index contributed by atoms with van der Waals surface area (Å²) < 4.78 is 0.988. The molecular formula is C20H24N4O2S2. The lowest BCUT2D eigenvalue weighted by atomic mass is 9.79. The Hall–Kier alpha value is -1.90. The molecule has 8 heteroatoms. The van der Waals surface area contributed by atoms with E-state index in [0.717, 1.165) is 22.2 Å². The van der Waals surface area contributed by atoms with Gasteiger partial charge >= 0.3 is 0 Å². The lowest BCUT2D eigenvalue weighted by Gasteiger charge is -2.49. The number of carbonyl (C=O) groups is 2. The molecule has 2 atom stereocenters. The maximum Gasteiger partial charge on any atom is 0.251 e. The van der Waals surface area contributed by atoms with Gasteiger partial charge in [0.2, 0.25) is 5.91 Å². The molecule has 2 bridgehead atoms. The highest BCUT2D eigenvalue weighted by atomic mass is 32.2. The molecular weight excluding hydrogens is 392 g/mol. The molecule has 3 saturated heterocycles. The third-order valence-corrected chi connectivity index (χ3v) is 7.60. The van der Waals surface area contributed by atoms with Crippen LogP contribution in [0.3, 0.4) is 0 Å². The summed E-state index contributed by atoms with van der Waals surface area (Å²) in [4.78, 5) is 31.5. The average molecular weight is 417 g/mol. The molecule has 0 aliphatic carbocycles. The van der Waals surface area contributed by atoms with Crippen LogP contribution in [0, 0.1) is 5.92 Å². The SMILES string of the molecule is CC(=O)Nc1ncc(Sc2ccc(C(=O)N[C@@H]3C4CCN(CC4)[C@@H]3C)cc2)s1. The van der Waals surface area contributed by atoms with Gasteiger partial charge in [0.1, 0.15) is 0 Å². The van der Waals surface area contributed by atoms with Gasteiger partial charge in [0, 0.05) is 29.5 Å². The molecule has 3 aliphatic rings. The molecule has 1 aromatic carbocycles. The number of fused-ring (bicyclic) bond motifs is 3. The van der Waals surface area contributed by atoms with E-state index in [-0.39, 0.29) is 17.9 Å². The van der Waals surface area contributed by atoms with Gasteiger partial charge in [-0.3, -0.25) is 14.5 Å². The van der Waals surface area contributed by atoms with Gasteiger partial charge in [-0.1, -0.05) is 23.1 Å². The van der Waals surface area contributed by atoms with E-state index < -0.39 is 0 Å². The summed E-state index contributed by atoms with van der Waals surface area (Å²) in [5.41, 5.74) is 0.691. The zero-order chi connectivity index (χ0) is 19.7. The number of carbonyl (C=O) groups excluding carboxylic acids is 2. The van der Waals surface area contributed by atoms with Crippen molar-refractivity contribution >= 4 is 40.0 Å². The number of thiazole rings is 1. The van der Waals surface area contributed by atoms with Crippen LogP contribution in [0.2, 0.25) is 0 Å². The molecule has 3 aliphatic heterocycles. The standard InChI is InChI=1S/C20H24N4O2S2/c1-12-18(14-7-9-24(12)10-8-14)23-19(26)15-3-5-16(6-4-15)27-17-11-21-20(28-17)22-13(2)25/h3-6,11-12,14,18H,7-10H2,1-2H3,(H,23,26)(H,21,22,25)/t12-,18+/m1/s1. The summed E-state index contributed by atoms with van der Waals surface area (Å²) in [6.45, 7) is 6.01. The molecule has 0 saturated carbocycles. The zero-order valence-corrected chi connectivity index (χ0v) is 17.6. The van der Waals surface area contributed by atoms with Crippen molar-refractivity contribution in [2.24, 2.45) is 5.92 Å². The van der Waals surface area contributed by atoms with Gasteiger partial charge in [0.25, 0.3) is 5.91 Å². The summed E-state index contributed by atoms with van der Waals surface area (Å²) >= 11 is 3.00. The van der Waals surface area contributed by atoms with Gasteiger partial charge in [-0.15, -0.1) is 0 Å². The second-order valence-electron chi connectivity index (χ2n) is 7.41. The van der Waals surface area contributed by atoms with E-state index in [0.29, 0.717) is 22.7 Å². The number of aromatic nitrogens is 1. The van der Waals surface area contributed by atoms with E-state index in [1.165, 1.54) is 31.1 Å². The number of hydrogen-bond donors (Lipinski definition) is 2. The third-order valence-electron chi connectivity index (χ3n) is 5.58. The first kappa shape index (κ1) is 19.4. The second kappa shape index (κ2) is 8.23. The Morgan fingerprint density at radius 2 is 1.93 bits per heavy atom. The van der Waals surface area contributed by atoms with E-state index in [2.05, 4.69) is 27.4 Å². The predicted octanol–water partition coefficient (Wildman–Crippen LogP) is 3.47. The maximum atomic E-state index is 12.7. The number of anilines is 1. The highest BCUT2D eigenvalue weighted by molar-refractivity contribution is 8.01. The van der Waals surface area contributed by atoms with Gasteiger partial charge < -0.3 is 10.6 Å². The second-order valence-corrected chi connectivity index (χ2v) is 9.81. The summed E-state index contributed by atoms with van der Waals surface area (Å²) in [6, 6.07) is 8.32. The fourth-order valence-corrected chi connectivity index (χ4v) is 5.98. The van der Waals surface area contributed by atoms with Crippen LogP contribution in [0.1, 0.15) is 37.0 Å². The van der Waals surface area contributed by atoms with Crippen LogP contribution in [0.25, 0.3) is 0 Å². The van der Waals surface area contributed by atoms with Crippen LogP contribution < -0.4 is 10.6 Å². The first-order valence-electron chi connectivity index (χ1n) is 9.56. The first-order chi connectivity index (χ1) is 13.5. The summed E-state index contributed by atoms with van der Waals surface area (Å²) in [6.07, 6.45) is 4.11. The van der Waals surface area contributed by atoms with Crippen molar-refractivity contribution in [2.45, 2.75) is 47.9 Å². The van der Waals surface area contributed by atoms with Crippen LogP contribution >= 0.6 is 23.1 Å². The molecule has 5 rings (SSSR count). The Balaban J connectivity index is 1.37. The van der Waals surface area contributed by atoms with Crippen molar-refractivity contribution in [1.82, 2.24) is 15.2 Å². The molecule has 148 valence electrons. The molecule has 0 unspecified atom stereocenters. The van der Waals surface area contributed by atoms with Crippen molar-refractivity contribution in [3.8, 4) is 0 Å². The third kappa shape index (κ3) is 4.24. The van der Waals surface area contributed by atoms with Gasteiger partial charge in [0.15, 0.2) is 5.13 Å². The smallest absolute Gasteiger partial charge is 0.251 e. The highest BCUT2D eigenvalue weighted by Crippen LogP contribution is 2.34. The van der Waals surface area contributed by atoms with Crippen molar-refractivity contribution < 1.29 is 9.59 Å². The van der Waals surface area contributed by atoms with E-state index in [1.807, 2.05) is 24.3 Å². The zero-order valence-electron chi connectivity index (χ0n) is 16.0. The fraction of sp³-hybridized carbons (Fsp3) is 0.450. The summed E-state index contributed by atoms with van der Waals surface area (Å²) in [5, 5.41) is 6.55. The minimum Gasteiger partial charge on any atom is -0.347 e. The highest BCUT2D eigenvalue weighted by Gasteiger charge is 2.40. The Labute approximate surface area is 173 Å². The van der Waals surface area contributed by atoms with Gasteiger partial charge in [-0.2, -0.15) is 0 Å². The fourth-order valence-electron chi connectivity index (χ4n) is 4.09. The number of rotatable bonds is 5. The minimum absolute atomic E-state index is 0.00730. The molecule has 0 radical (unpaired) electrons. The van der Waals surface area contributed by atoms with Crippen LogP contribution in [0.5, 0.6) is 0 Å². The normalized spacial score (nSPS) is 26.1. The van der Waals surface area contributed by atoms with Gasteiger partial charge in [0.05, 0.1) is 10.4 Å². The topological polar surface area (TPSA) is 74.3 Å². The van der Waals surface area contributed by atoms with Crippen molar-refractivity contribution in [3.05, 3.63) is 36.0 Å². The quantitative estimate of drug-likeness (QED) is 0.781. The van der Waals surface area contributed by atoms with E-state index >= 15 is 0 Å². The van der Waals surface area contributed by atoms with Crippen LogP contribution in [-0.2, 0) is 4.79 Å². The van der Waals surface area contributed by atoms with Crippen molar-refractivity contribution in [1.29, 1.82) is 0 Å². The Kier molecular flexibility index (Phi) is 5.70. The molecule has 1 aromatic heterocycles. The molecule has 2 aromatic rings. The number of benzene rings is 1. The number of nitrogens with one attached hydrogen (secondary N) is 2. The monoisotopic (exact) mass is 416 g/mol. The first-order valence-corrected chi connectivity index (χ1v) is 11.2. The van der Waals surface area contributed by atoms with Crippen molar-refractivity contribution in [3.63, 3.8) is 0 Å². The number of piperidine rings is 3.